The second-order valence-corrected chi connectivity index (χ2v) is 29.6. The summed E-state index contributed by atoms with van der Waals surface area (Å²) in [7, 11) is -26.4. The summed E-state index contributed by atoms with van der Waals surface area (Å²) in [6.07, 6.45) is 9.97. The van der Waals surface area contributed by atoms with E-state index in [1.807, 2.05) is 39.0 Å². The van der Waals surface area contributed by atoms with Gasteiger partial charge in [-0.1, -0.05) is 56.7 Å². The lowest BCUT2D eigenvalue weighted by Gasteiger charge is -2.27. The van der Waals surface area contributed by atoms with Crippen molar-refractivity contribution in [3.8, 4) is 0 Å². The lowest BCUT2D eigenvalue weighted by atomic mass is 9.79. The first-order valence-electron chi connectivity index (χ1n) is 25.6. The number of carbonyl (C=O) groups is 2. The fourth-order valence-corrected chi connectivity index (χ4v) is 14.0. The predicted molar refractivity (Wildman–Crippen MR) is 317 cm³/mol. The van der Waals surface area contributed by atoms with Gasteiger partial charge in [-0.25, -0.2) is 13.6 Å². The van der Waals surface area contributed by atoms with E-state index in [-0.39, 0.29) is 58.7 Å². The Balaban J connectivity index is 0.00000256. The molecule has 0 bridgehead atoms. The van der Waals surface area contributed by atoms with Crippen LogP contribution in [0.5, 0.6) is 0 Å². The van der Waals surface area contributed by atoms with Crippen molar-refractivity contribution in [1.82, 2.24) is 20.5 Å². The maximum Gasteiger partial charge on any atom is 0.425 e. The van der Waals surface area contributed by atoms with Gasteiger partial charge in [0.2, 0.25) is 21.1 Å². The maximum absolute atomic E-state index is 13.5. The molecule has 86 heavy (non-hydrogen) atoms. The summed E-state index contributed by atoms with van der Waals surface area (Å²) in [4.78, 5) is 30.5. The van der Waals surface area contributed by atoms with Crippen LogP contribution >= 0.6 is 11.3 Å². The Bertz CT molecular complexity index is 4600. The van der Waals surface area contributed by atoms with E-state index < -0.39 is 104 Å². The largest absolute Gasteiger partial charge is 0.425 e. The number of allylic oxidation sites excluding steroid dienone is 6. The fraction of sp³-hybridized carbons (Fsp3) is 0.308. The number of pyridine rings is 1. The third-order valence-corrected chi connectivity index (χ3v) is 19.6. The highest BCUT2D eigenvalue weighted by Crippen LogP contribution is 2.52. The van der Waals surface area contributed by atoms with Crippen LogP contribution in [0.25, 0.3) is 27.1 Å². The molecule has 2 amide bonds. The van der Waals surface area contributed by atoms with Crippen LogP contribution < -0.4 is 20.7 Å². The summed E-state index contributed by atoms with van der Waals surface area (Å²) in [5.74, 6) is -1.71. The smallest absolute Gasteiger partial charge is 0.352 e. The van der Waals surface area contributed by atoms with Crippen LogP contribution in [-0.2, 0) is 76.7 Å². The van der Waals surface area contributed by atoms with Gasteiger partial charge in [-0.2, -0.15) is 38.2 Å². The minimum atomic E-state index is -5.10. The first-order chi connectivity index (χ1) is 39.8. The molecule has 0 aliphatic carbocycles. The lowest BCUT2D eigenvalue weighted by molar-refractivity contribution is -0.438. The zero-order valence-electron chi connectivity index (χ0n) is 46.2. The van der Waals surface area contributed by atoms with Crippen molar-refractivity contribution in [1.29, 1.82) is 0 Å². The molecule has 6 aromatic rings. The van der Waals surface area contributed by atoms with Crippen molar-refractivity contribution < 1.29 is 87.1 Å². The number of aromatic nitrogens is 3. The number of anilines is 2. The van der Waals surface area contributed by atoms with Gasteiger partial charge in [0.15, 0.2) is 5.71 Å². The van der Waals surface area contributed by atoms with E-state index in [4.69, 9.17) is 22.7 Å². The van der Waals surface area contributed by atoms with E-state index >= 15 is 0 Å². The molecule has 4 aromatic carbocycles. The van der Waals surface area contributed by atoms with E-state index in [2.05, 4.69) is 25.4 Å². The van der Waals surface area contributed by atoms with Gasteiger partial charge >= 0.3 is 10.6 Å². The van der Waals surface area contributed by atoms with Crippen molar-refractivity contribution in [2.45, 2.75) is 96.6 Å². The number of rotatable bonds is 21. The van der Waals surface area contributed by atoms with Crippen molar-refractivity contribution in [2.75, 3.05) is 35.6 Å². The molecule has 27 nitrogen and oxygen atoms in total. The summed E-state index contributed by atoms with van der Waals surface area (Å²) in [6.45, 7) is 10.0. The average molecular weight is 1320 g/mol. The van der Waals surface area contributed by atoms with Crippen LogP contribution in [0, 0.1) is 0 Å². The third-order valence-electron chi connectivity index (χ3n) is 14.0. The highest BCUT2D eigenvalue weighted by Gasteiger charge is 2.46. The van der Waals surface area contributed by atoms with Crippen LogP contribution in [0.15, 0.2) is 122 Å². The number of nitrogens with two attached hydrogens (primary N) is 1. The number of nitrogens with one attached hydrogen (secondary N) is 2. The Morgan fingerprint density at radius 2 is 1.43 bits per heavy atom. The van der Waals surface area contributed by atoms with Gasteiger partial charge in [0.05, 0.1) is 32.2 Å². The van der Waals surface area contributed by atoms with Crippen molar-refractivity contribution in [3.63, 3.8) is 0 Å². The number of benzene rings is 4. The highest BCUT2D eigenvalue weighted by molar-refractivity contribution is 7.91. The zero-order valence-corrected chi connectivity index (χ0v) is 51.9. The number of amides is 2. The standard InChI is InChI=1S/C52H56N8O16S6.O3S/c1-6-7-24-59-40-19-13-31-11-16-34(80(68,69)70)27-37(31)46(40)51(2,3)43(59)21-14-32(39-18-12-33(30-55-39)48(62)54-23-8-10-45(61)56-49-57-58-50(77-49)79(53,66)67)15-22-44-52(4,5)47-38-28-35(81(71,72)73)29-42(82(74,75)76)36(38)17-20-41(47)60(44)25-9-26-78(63,64)65;1-4(2)3/h11-22,27-30H,6-10,23-26H2,1-5H3,(H7-,53,54,56,57,61,62,63,64,65,66,67,68,69,70,71,72,73,74,75,76);/p+1. The number of carbonyl (C=O) groups excluding carboxylic acids is 2. The number of hydrogen-bond acceptors (Lipinski definition) is 20. The zero-order chi connectivity index (χ0) is 63.7. The second kappa shape index (κ2) is 25.3. The minimum Gasteiger partial charge on any atom is -0.352 e. The predicted octanol–water partition coefficient (Wildman–Crippen LogP) is 5.55. The van der Waals surface area contributed by atoms with Crippen LogP contribution in [0.2, 0.25) is 0 Å². The molecule has 4 heterocycles. The molecule has 0 atom stereocenters. The van der Waals surface area contributed by atoms with E-state index in [0.717, 1.165) is 41.3 Å². The van der Waals surface area contributed by atoms with Crippen LogP contribution in [0.1, 0.15) is 93.9 Å². The van der Waals surface area contributed by atoms with Crippen molar-refractivity contribution in [2.24, 2.45) is 5.14 Å². The quantitative estimate of drug-likeness (QED) is 0.0153. The van der Waals surface area contributed by atoms with Gasteiger partial charge in [-0.05, 0) is 109 Å². The third kappa shape index (κ3) is 15.2. The molecule has 0 fully saturated rings. The molecule has 2 aromatic heterocycles. The SMILES string of the molecule is CCCC[N+]1=C(/C=C/C(=C/C=C2/N(CCCS(=O)(=O)O)c3ccc4c(S(=O)(=O)O)cc(S(=O)(=O)O)cc4c3C2(C)C)c2ccc(C(=O)NCCCC(=O)Nc3nnc(S(N)(=O)=O)s3)cn2)C(C)(C)c2c1ccc1ccc(S(=O)(=O)O)cc21.O=S(=O)=O. The molecule has 2 aliphatic rings. The van der Waals surface area contributed by atoms with E-state index in [0.29, 0.717) is 57.5 Å². The van der Waals surface area contributed by atoms with E-state index in [1.54, 1.807) is 49.1 Å². The minimum absolute atomic E-state index is 0.0216. The number of fused-ring (bicyclic) bond motifs is 6. The number of nitrogens with zero attached hydrogens (tertiary/aromatic N) is 5. The number of sulfonamides is 1. The lowest BCUT2D eigenvalue weighted by Crippen LogP contribution is -2.28. The highest BCUT2D eigenvalue weighted by atomic mass is 32.3. The Morgan fingerprint density at radius 3 is 2.02 bits per heavy atom. The summed E-state index contributed by atoms with van der Waals surface area (Å²) in [5, 5.41) is 18.5. The summed E-state index contributed by atoms with van der Waals surface area (Å²) < 4.78 is 190. The number of hydrogen-bond donors (Lipinski definition) is 7. The Labute approximate surface area is 500 Å². The fourth-order valence-electron chi connectivity index (χ4n) is 10.3. The normalized spacial score (nSPS) is 15.7. The molecular formula is C52H57N8O19S7+. The van der Waals surface area contributed by atoms with Crippen LogP contribution in [-0.4, -0.2) is 136 Å². The molecule has 460 valence electrons. The molecule has 0 unspecified atom stereocenters. The van der Waals surface area contributed by atoms with Crippen molar-refractivity contribution >= 4 is 134 Å². The Morgan fingerprint density at radius 1 is 0.767 bits per heavy atom. The first kappa shape index (κ1) is 66.4. The molecule has 2 aliphatic heterocycles. The summed E-state index contributed by atoms with van der Waals surface area (Å²) in [6, 6.07) is 15.9. The van der Waals surface area contributed by atoms with Crippen LogP contribution in [0.3, 0.4) is 0 Å². The molecule has 0 radical (unpaired) electrons. The van der Waals surface area contributed by atoms with Gasteiger partial charge in [0.1, 0.15) is 11.4 Å². The van der Waals surface area contributed by atoms with Gasteiger partial charge in [0.25, 0.3) is 56.4 Å². The van der Waals surface area contributed by atoms with Gasteiger partial charge in [0, 0.05) is 77.6 Å². The Kier molecular flexibility index (Phi) is 19.6. The monoisotopic (exact) mass is 1320 g/mol. The second-order valence-electron chi connectivity index (χ2n) is 20.6. The van der Waals surface area contributed by atoms with E-state index in [1.165, 1.54) is 36.5 Å². The summed E-state index contributed by atoms with van der Waals surface area (Å²) >= 11 is 0.578. The molecule has 8 N–H and O–H groups in total. The molecule has 0 saturated heterocycles. The van der Waals surface area contributed by atoms with E-state index in [9.17, 15) is 69.9 Å². The van der Waals surface area contributed by atoms with Crippen molar-refractivity contribution in [3.05, 3.63) is 125 Å². The maximum atomic E-state index is 13.5. The summed E-state index contributed by atoms with van der Waals surface area (Å²) in [5.41, 5.74) is 2.45. The first-order valence-corrected chi connectivity index (χ1v) is 34.9. The number of primary sulfonamides is 1. The molecule has 0 spiro atoms. The average Bonchev–Trinajstić information content (AvgIpc) is 1.57. The molecular weight excluding hydrogens is 1270 g/mol. The number of unbranched alkanes of at least 4 members (excludes halogenated alkanes) is 1. The van der Waals surface area contributed by atoms with Crippen LogP contribution in [0.4, 0.5) is 16.5 Å². The van der Waals surface area contributed by atoms with Gasteiger partial charge in [-0.3, -0.25) is 32.8 Å². The molecule has 34 heteroatoms. The Hall–Kier alpha value is -7.09. The van der Waals surface area contributed by atoms with Gasteiger partial charge < -0.3 is 15.5 Å². The molecule has 0 saturated carbocycles. The topological polar surface area (TPSA) is 432 Å². The molecule has 8 rings (SSSR count). The van der Waals surface area contributed by atoms with Gasteiger partial charge in [-0.15, -0.1) is 22.8 Å².